The third-order valence-electron chi connectivity index (χ3n) is 7.74. The fraction of sp³-hybridized carbons (Fsp3) is 0.412. The van der Waals surface area contributed by atoms with E-state index in [0.29, 0.717) is 31.3 Å². The van der Waals surface area contributed by atoms with E-state index < -0.39 is 41.5 Å². The van der Waals surface area contributed by atoms with Gasteiger partial charge in [-0.15, -0.1) is 11.3 Å². The molecule has 0 fully saturated rings. The molecule has 0 radical (unpaired) electrons. The van der Waals surface area contributed by atoms with Crippen LogP contribution in [0.2, 0.25) is 0 Å². The average molecular weight is 707 g/mol. The molecule has 0 saturated heterocycles. The first kappa shape index (κ1) is 39.1. The maximum absolute atomic E-state index is 14.0. The number of primary amides is 1. The molecule has 12 N–H and O–H groups in total. The summed E-state index contributed by atoms with van der Waals surface area (Å²) in [4.78, 5) is 78.3. The number of unbranched alkanes of at least 4 members (excludes halogenated alkanes) is 1. The number of aromatic nitrogens is 1. The van der Waals surface area contributed by atoms with Crippen molar-refractivity contribution in [3.05, 3.63) is 65.2 Å². The van der Waals surface area contributed by atoms with Crippen molar-refractivity contribution in [3.8, 4) is 0 Å². The Bertz CT molecular complexity index is 1640. The largest absolute Gasteiger partial charge is 0.370 e. The number of Topliss-reactive ketones (excluding diaryl/α,β-unsaturated/α-hetero) is 2. The van der Waals surface area contributed by atoms with E-state index in [4.69, 9.17) is 28.7 Å². The molecule has 0 aliphatic rings. The Morgan fingerprint density at radius 3 is 2.06 bits per heavy atom. The number of fused-ring (bicyclic) bond motifs is 1. The molecule has 15 nitrogen and oxygen atoms in total. The fourth-order valence-electron chi connectivity index (χ4n) is 5.20. The summed E-state index contributed by atoms with van der Waals surface area (Å²) in [6, 6.07) is 14.4. The Balaban J connectivity index is 1.82. The average Bonchev–Trinajstić information content (AvgIpc) is 3.51. The molecule has 0 bridgehead atoms. The first-order valence-corrected chi connectivity index (χ1v) is 17.2. The summed E-state index contributed by atoms with van der Waals surface area (Å²) in [5, 5.41) is 5.82. The number of hydrogen-bond donors (Lipinski definition) is 7. The zero-order valence-corrected chi connectivity index (χ0v) is 28.7. The number of benzene rings is 2. The molecule has 3 atom stereocenters. The quantitative estimate of drug-likeness (QED) is 0.0337. The van der Waals surface area contributed by atoms with Gasteiger partial charge in [-0.25, -0.2) is 4.98 Å². The zero-order valence-electron chi connectivity index (χ0n) is 27.9. The number of aliphatic imine (C=N–C) groups is 2. The number of nitrogens with one attached hydrogen (secondary N) is 2. The molecule has 3 amide bonds. The van der Waals surface area contributed by atoms with Gasteiger partial charge in [0.2, 0.25) is 23.5 Å². The number of hydrogen-bond acceptors (Lipinski definition) is 9. The topological polar surface area (TPSA) is 277 Å². The van der Waals surface area contributed by atoms with Crippen molar-refractivity contribution in [1.29, 1.82) is 0 Å². The SMILES string of the molecule is NC(=O)CCC(NC(=O)CCCCN=C(N)N)C(=O)CC(Cc1ccccc1)C(=O)NC(CCCN=C(N)N)C(=O)c1nc2ccccc2s1. The second-order valence-electron chi connectivity index (χ2n) is 11.8. The van der Waals surface area contributed by atoms with E-state index in [1.165, 1.54) is 11.3 Å². The monoisotopic (exact) mass is 706 g/mol. The molecule has 3 unspecified atom stereocenters. The molecule has 268 valence electrons. The van der Waals surface area contributed by atoms with Gasteiger partial charge in [0.1, 0.15) is 0 Å². The first-order chi connectivity index (χ1) is 23.9. The van der Waals surface area contributed by atoms with Crippen molar-refractivity contribution in [1.82, 2.24) is 15.6 Å². The fourth-order valence-corrected chi connectivity index (χ4v) is 6.16. The molecule has 0 saturated carbocycles. The minimum absolute atomic E-state index is 0.0307. The molecule has 3 aromatic rings. The highest BCUT2D eigenvalue weighted by molar-refractivity contribution is 7.20. The first-order valence-electron chi connectivity index (χ1n) is 16.4. The lowest BCUT2D eigenvalue weighted by atomic mass is 9.89. The Kier molecular flexibility index (Phi) is 15.8. The van der Waals surface area contributed by atoms with Crippen molar-refractivity contribution in [2.24, 2.45) is 44.6 Å². The van der Waals surface area contributed by atoms with Crippen LogP contribution < -0.4 is 39.3 Å². The summed E-state index contributed by atoms with van der Waals surface area (Å²) < 4.78 is 0.826. The van der Waals surface area contributed by atoms with E-state index in [2.05, 4.69) is 25.6 Å². The number of carbonyl (C=O) groups excluding carboxylic acids is 5. The van der Waals surface area contributed by atoms with Gasteiger partial charge in [0.15, 0.2) is 22.7 Å². The van der Waals surface area contributed by atoms with Crippen LogP contribution in [0.15, 0.2) is 64.6 Å². The van der Waals surface area contributed by atoms with Gasteiger partial charge >= 0.3 is 0 Å². The third kappa shape index (κ3) is 13.6. The smallest absolute Gasteiger partial charge is 0.224 e. The predicted octanol–water partition coefficient (Wildman–Crippen LogP) is 1.03. The number of ketones is 2. The van der Waals surface area contributed by atoms with Crippen LogP contribution in [0.1, 0.15) is 66.7 Å². The van der Waals surface area contributed by atoms with Crippen LogP contribution in [-0.4, -0.2) is 71.4 Å². The summed E-state index contributed by atoms with van der Waals surface area (Å²) in [5.41, 5.74) is 28.4. The molecule has 0 aliphatic heterocycles. The molecule has 1 heterocycles. The number of guanidine groups is 2. The van der Waals surface area contributed by atoms with E-state index in [0.717, 1.165) is 10.3 Å². The van der Waals surface area contributed by atoms with Crippen LogP contribution in [0, 0.1) is 5.92 Å². The summed E-state index contributed by atoms with van der Waals surface area (Å²) in [7, 11) is 0. The Morgan fingerprint density at radius 1 is 0.740 bits per heavy atom. The van der Waals surface area contributed by atoms with Gasteiger partial charge in [-0.1, -0.05) is 42.5 Å². The maximum atomic E-state index is 14.0. The highest BCUT2D eigenvalue weighted by Crippen LogP contribution is 2.24. The second-order valence-corrected chi connectivity index (χ2v) is 12.8. The molecule has 1 aromatic heterocycles. The van der Waals surface area contributed by atoms with E-state index in [-0.39, 0.29) is 67.8 Å². The molecular formula is C34H46N10O5S. The van der Waals surface area contributed by atoms with Crippen LogP contribution in [0.5, 0.6) is 0 Å². The van der Waals surface area contributed by atoms with Crippen molar-refractivity contribution in [3.63, 3.8) is 0 Å². The standard InChI is InChI=1S/C34H46N10O5S/c35-28(46)16-15-23(42-29(47)14-6-7-17-40-33(36)37)26(45)20-22(19-21-9-2-1-3-10-21)31(49)43-25(12-8-18-41-34(38)39)30(48)32-44-24-11-4-5-13-27(24)50-32/h1-5,9-11,13,22-23,25H,6-8,12,14-20H2,(H2,35,46)(H,42,47)(H,43,49)(H4,36,37,40)(H4,38,39,41). The van der Waals surface area contributed by atoms with Crippen LogP contribution in [0.25, 0.3) is 10.2 Å². The van der Waals surface area contributed by atoms with E-state index in [1.54, 1.807) is 6.07 Å². The van der Waals surface area contributed by atoms with Crippen LogP contribution in [0.4, 0.5) is 0 Å². The van der Waals surface area contributed by atoms with E-state index >= 15 is 0 Å². The summed E-state index contributed by atoms with van der Waals surface area (Å²) in [6.07, 6.45) is 1.44. The highest BCUT2D eigenvalue weighted by atomic mass is 32.1. The van der Waals surface area contributed by atoms with E-state index in [1.807, 2.05) is 48.5 Å². The molecule has 0 spiro atoms. The summed E-state index contributed by atoms with van der Waals surface area (Å²) in [5.74, 6) is -3.43. The van der Waals surface area contributed by atoms with Gasteiger partial charge in [0.25, 0.3) is 0 Å². The number of carbonyl (C=O) groups is 5. The van der Waals surface area contributed by atoms with E-state index in [9.17, 15) is 24.0 Å². The molecule has 3 rings (SSSR count). The van der Waals surface area contributed by atoms with Gasteiger partial charge < -0.3 is 39.3 Å². The normalized spacial score (nSPS) is 12.6. The third-order valence-corrected chi connectivity index (χ3v) is 8.79. The van der Waals surface area contributed by atoms with Gasteiger partial charge in [0, 0.05) is 38.3 Å². The Labute approximate surface area is 294 Å². The lowest BCUT2D eigenvalue weighted by Crippen LogP contribution is -2.47. The summed E-state index contributed by atoms with van der Waals surface area (Å²) >= 11 is 1.22. The Morgan fingerprint density at radius 2 is 1.40 bits per heavy atom. The number of para-hydroxylation sites is 1. The minimum atomic E-state index is -1.06. The van der Waals surface area contributed by atoms with Crippen molar-refractivity contribution < 1.29 is 24.0 Å². The molecular weight excluding hydrogens is 661 g/mol. The van der Waals surface area contributed by atoms with Gasteiger partial charge in [0.05, 0.1) is 22.3 Å². The number of thiazole rings is 1. The lowest BCUT2D eigenvalue weighted by Gasteiger charge is -2.24. The molecule has 0 aliphatic carbocycles. The number of nitrogens with two attached hydrogens (primary N) is 5. The van der Waals surface area contributed by atoms with Crippen LogP contribution in [0.3, 0.4) is 0 Å². The predicted molar refractivity (Wildman–Crippen MR) is 194 cm³/mol. The number of nitrogens with zero attached hydrogens (tertiary/aromatic N) is 3. The zero-order chi connectivity index (χ0) is 36.5. The van der Waals surface area contributed by atoms with Crippen molar-refractivity contribution in [2.75, 3.05) is 13.1 Å². The lowest BCUT2D eigenvalue weighted by molar-refractivity contribution is -0.132. The molecule has 2 aromatic carbocycles. The van der Waals surface area contributed by atoms with Crippen LogP contribution >= 0.6 is 11.3 Å². The van der Waals surface area contributed by atoms with Crippen molar-refractivity contribution >= 4 is 62.8 Å². The molecule has 50 heavy (non-hydrogen) atoms. The molecule has 16 heteroatoms. The number of rotatable bonds is 22. The van der Waals surface area contributed by atoms with Gasteiger partial charge in [-0.05, 0) is 56.2 Å². The number of amides is 3. The van der Waals surface area contributed by atoms with Gasteiger partial charge in [-0.3, -0.25) is 34.0 Å². The van der Waals surface area contributed by atoms with Crippen molar-refractivity contribution in [2.45, 2.75) is 69.9 Å². The van der Waals surface area contributed by atoms with Gasteiger partial charge in [-0.2, -0.15) is 0 Å². The minimum Gasteiger partial charge on any atom is -0.370 e. The second kappa shape index (κ2) is 20.2. The summed E-state index contributed by atoms with van der Waals surface area (Å²) in [6.45, 7) is 0.593. The Hall–Kier alpha value is -5.38. The maximum Gasteiger partial charge on any atom is 0.224 e. The highest BCUT2D eigenvalue weighted by Gasteiger charge is 2.32. The van der Waals surface area contributed by atoms with Crippen LogP contribution in [-0.2, 0) is 25.6 Å².